The Hall–Kier alpha value is -2.10. The van der Waals surface area contributed by atoms with Crippen molar-refractivity contribution < 1.29 is 19.8 Å². The van der Waals surface area contributed by atoms with Crippen LogP contribution >= 0.6 is 0 Å². The highest BCUT2D eigenvalue weighted by atomic mass is 16.4. The van der Waals surface area contributed by atoms with E-state index in [2.05, 4.69) is 0 Å². The van der Waals surface area contributed by atoms with Gasteiger partial charge in [-0.15, -0.1) is 0 Å². The van der Waals surface area contributed by atoms with E-state index in [4.69, 9.17) is 0 Å². The number of benzene rings is 1. The quantitative estimate of drug-likeness (QED) is 0.773. The molecule has 0 saturated heterocycles. The smallest absolute Gasteiger partial charge is 0.332 e. The minimum absolute atomic E-state index is 0.00801. The Morgan fingerprint density at radius 1 is 1.00 bits per heavy atom. The maximum atomic E-state index is 11.3. The number of hydrogen-bond acceptors (Lipinski definition) is 2. The molecule has 2 N–H and O–H groups in total. The van der Waals surface area contributed by atoms with Gasteiger partial charge in [0.05, 0.1) is 5.57 Å². The summed E-state index contributed by atoms with van der Waals surface area (Å²) in [4.78, 5) is 22.6. The lowest BCUT2D eigenvalue weighted by molar-refractivity contribution is -0.136. The van der Waals surface area contributed by atoms with E-state index >= 15 is 0 Å². The molecule has 0 saturated carbocycles. The monoisotopic (exact) mass is 262 g/mol. The Morgan fingerprint density at radius 3 is 1.95 bits per heavy atom. The molecule has 4 nitrogen and oxygen atoms in total. The van der Waals surface area contributed by atoms with Crippen LogP contribution in [0.5, 0.6) is 0 Å². The molecule has 0 spiro atoms. The van der Waals surface area contributed by atoms with Gasteiger partial charge in [-0.2, -0.15) is 0 Å². The van der Waals surface area contributed by atoms with Crippen LogP contribution in [0.1, 0.15) is 25.8 Å². The van der Waals surface area contributed by atoms with E-state index in [0.29, 0.717) is 0 Å². The van der Waals surface area contributed by atoms with Crippen LogP contribution in [-0.4, -0.2) is 22.2 Å². The number of hydrogen-bond donors (Lipinski definition) is 2. The predicted molar refractivity (Wildman–Crippen MR) is 71.9 cm³/mol. The Balaban J connectivity index is 3.15. The predicted octanol–water partition coefficient (Wildman–Crippen LogP) is 2.74. The van der Waals surface area contributed by atoms with Crippen molar-refractivity contribution in [3.8, 4) is 0 Å². The van der Waals surface area contributed by atoms with Crippen molar-refractivity contribution in [3.63, 3.8) is 0 Å². The number of carboxylic acids is 2. The SMILES string of the molecule is CC(C)C/C(C(=O)O)=C(\Cc1ccccc1)C(=O)O. The van der Waals surface area contributed by atoms with Crippen LogP contribution < -0.4 is 0 Å². The first-order chi connectivity index (χ1) is 8.91. The summed E-state index contributed by atoms with van der Waals surface area (Å²) in [5.74, 6) is -2.22. The van der Waals surface area contributed by atoms with Crippen LogP contribution in [0, 0.1) is 5.92 Å². The third-order valence-corrected chi connectivity index (χ3v) is 2.72. The van der Waals surface area contributed by atoms with Gasteiger partial charge in [0.25, 0.3) is 0 Å². The zero-order chi connectivity index (χ0) is 14.4. The van der Waals surface area contributed by atoms with Crippen LogP contribution in [0.25, 0.3) is 0 Å². The van der Waals surface area contributed by atoms with E-state index in [-0.39, 0.29) is 29.9 Å². The zero-order valence-corrected chi connectivity index (χ0v) is 11.1. The molecular formula is C15H18O4. The molecule has 0 radical (unpaired) electrons. The number of carbonyl (C=O) groups is 2. The summed E-state index contributed by atoms with van der Waals surface area (Å²) in [6, 6.07) is 9.02. The topological polar surface area (TPSA) is 74.6 Å². The molecule has 4 heteroatoms. The molecule has 0 aliphatic heterocycles. The first-order valence-corrected chi connectivity index (χ1v) is 6.14. The lowest BCUT2D eigenvalue weighted by atomic mass is 9.94. The van der Waals surface area contributed by atoms with Crippen molar-refractivity contribution in [3.05, 3.63) is 47.0 Å². The minimum atomic E-state index is -1.16. The fourth-order valence-electron chi connectivity index (χ4n) is 1.86. The number of aliphatic carboxylic acids is 2. The van der Waals surface area contributed by atoms with Gasteiger partial charge in [0.1, 0.15) is 0 Å². The van der Waals surface area contributed by atoms with Gasteiger partial charge in [0.2, 0.25) is 0 Å². The van der Waals surface area contributed by atoms with E-state index in [1.54, 1.807) is 24.3 Å². The first-order valence-electron chi connectivity index (χ1n) is 6.14. The zero-order valence-electron chi connectivity index (χ0n) is 11.1. The standard InChI is InChI=1S/C15H18O4/c1-10(2)8-12(14(16)17)13(15(18)19)9-11-6-4-3-5-7-11/h3-7,10H,8-9H2,1-2H3,(H,16,17)(H,18,19)/b13-12-. The molecule has 1 aromatic rings. The lowest BCUT2D eigenvalue weighted by Crippen LogP contribution is -2.15. The summed E-state index contributed by atoms with van der Waals surface area (Å²) < 4.78 is 0. The van der Waals surface area contributed by atoms with Crippen molar-refractivity contribution in [2.45, 2.75) is 26.7 Å². The average Bonchev–Trinajstić information content (AvgIpc) is 2.34. The molecule has 102 valence electrons. The van der Waals surface area contributed by atoms with E-state index in [1.807, 2.05) is 19.9 Å². The normalized spacial score (nSPS) is 12.2. The fraction of sp³-hybridized carbons (Fsp3) is 0.333. The lowest BCUT2D eigenvalue weighted by Gasteiger charge is -2.11. The highest BCUT2D eigenvalue weighted by Gasteiger charge is 2.21. The van der Waals surface area contributed by atoms with Crippen molar-refractivity contribution in [2.24, 2.45) is 5.92 Å². The molecule has 0 atom stereocenters. The van der Waals surface area contributed by atoms with E-state index in [9.17, 15) is 19.8 Å². The van der Waals surface area contributed by atoms with Crippen molar-refractivity contribution in [1.29, 1.82) is 0 Å². The molecule has 0 aliphatic carbocycles. The van der Waals surface area contributed by atoms with Gasteiger partial charge >= 0.3 is 11.9 Å². The average molecular weight is 262 g/mol. The summed E-state index contributed by atoms with van der Waals surface area (Å²) in [6.07, 6.45) is 0.383. The first kappa shape index (κ1) is 15.0. The fourth-order valence-corrected chi connectivity index (χ4v) is 1.86. The molecule has 0 amide bonds. The van der Waals surface area contributed by atoms with Crippen LogP contribution in [0.4, 0.5) is 0 Å². The van der Waals surface area contributed by atoms with Crippen LogP contribution in [0.15, 0.2) is 41.5 Å². The molecule has 0 heterocycles. The van der Waals surface area contributed by atoms with Crippen LogP contribution in [0.3, 0.4) is 0 Å². The maximum Gasteiger partial charge on any atom is 0.332 e. The van der Waals surface area contributed by atoms with Gasteiger partial charge in [-0.05, 0) is 17.9 Å². The Kier molecular flexibility index (Phi) is 5.30. The summed E-state index contributed by atoms with van der Waals surface area (Å²) >= 11 is 0. The second-order valence-electron chi connectivity index (χ2n) is 4.83. The highest BCUT2D eigenvalue weighted by Crippen LogP contribution is 2.19. The van der Waals surface area contributed by atoms with Gasteiger partial charge in [0.15, 0.2) is 0 Å². The van der Waals surface area contributed by atoms with Gasteiger partial charge < -0.3 is 10.2 Å². The molecule has 1 rings (SSSR count). The third-order valence-electron chi connectivity index (χ3n) is 2.72. The largest absolute Gasteiger partial charge is 0.478 e. The van der Waals surface area contributed by atoms with Crippen LogP contribution in [0.2, 0.25) is 0 Å². The van der Waals surface area contributed by atoms with E-state index in [1.165, 1.54) is 0 Å². The molecule has 1 aromatic carbocycles. The Labute approximate surface area is 112 Å². The molecule has 0 bridgehead atoms. The van der Waals surface area contributed by atoms with Crippen LogP contribution in [-0.2, 0) is 16.0 Å². The van der Waals surface area contributed by atoms with E-state index < -0.39 is 11.9 Å². The van der Waals surface area contributed by atoms with E-state index in [0.717, 1.165) is 5.56 Å². The highest BCUT2D eigenvalue weighted by molar-refractivity contribution is 5.99. The summed E-state index contributed by atoms with van der Waals surface area (Å²) in [5, 5.41) is 18.4. The van der Waals surface area contributed by atoms with Crippen molar-refractivity contribution in [2.75, 3.05) is 0 Å². The molecule has 0 fully saturated rings. The van der Waals surface area contributed by atoms with Crippen molar-refractivity contribution in [1.82, 2.24) is 0 Å². The Morgan fingerprint density at radius 2 is 1.53 bits per heavy atom. The summed E-state index contributed by atoms with van der Waals surface area (Å²) in [7, 11) is 0. The Bertz CT molecular complexity index is 486. The molecule has 0 aromatic heterocycles. The summed E-state index contributed by atoms with van der Waals surface area (Å²) in [5.41, 5.74) is 0.751. The second-order valence-corrected chi connectivity index (χ2v) is 4.83. The summed E-state index contributed by atoms with van der Waals surface area (Å²) in [6.45, 7) is 3.73. The minimum Gasteiger partial charge on any atom is -0.478 e. The van der Waals surface area contributed by atoms with Crippen molar-refractivity contribution >= 4 is 11.9 Å². The molecule has 0 unspecified atom stereocenters. The second kappa shape index (κ2) is 6.73. The van der Waals surface area contributed by atoms with Gasteiger partial charge in [0, 0.05) is 12.0 Å². The maximum absolute atomic E-state index is 11.3. The number of carboxylic acid groups (broad SMARTS) is 2. The van der Waals surface area contributed by atoms with Gasteiger partial charge in [-0.1, -0.05) is 44.2 Å². The molecular weight excluding hydrogens is 244 g/mol. The van der Waals surface area contributed by atoms with Gasteiger partial charge in [-0.3, -0.25) is 0 Å². The molecule has 19 heavy (non-hydrogen) atoms. The third kappa shape index (κ3) is 4.58. The number of rotatable bonds is 6. The van der Waals surface area contributed by atoms with Gasteiger partial charge in [-0.25, -0.2) is 9.59 Å². The molecule has 0 aliphatic rings.